The highest BCUT2D eigenvalue weighted by Gasteiger charge is 2.06. The van der Waals surface area contributed by atoms with Crippen LogP contribution in [0.1, 0.15) is 11.4 Å². The van der Waals surface area contributed by atoms with Gasteiger partial charge >= 0.3 is 0 Å². The number of anilines is 1. The lowest BCUT2D eigenvalue weighted by atomic mass is 10.3. The zero-order valence-corrected chi connectivity index (χ0v) is 11.2. The molecule has 0 aliphatic rings. The van der Waals surface area contributed by atoms with Crippen LogP contribution >= 0.6 is 23.2 Å². The lowest BCUT2D eigenvalue weighted by Gasteiger charge is -2.10. The Morgan fingerprint density at radius 1 is 1.29 bits per heavy atom. The van der Waals surface area contributed by atoms with Crippen molar-refractivity contribution in [2.75, 3.05) is 5.32 Å². The summed E-state index contributed by atoms with van der Waals surface area (Å²) < 4.78 is 1.84. The van der Waals surface area contributed by atoms with E-state index in [2.05, 4.69) is 10.4 Å². The number of aromatic nitrogens is 2. The van der Waals surface area contributed by atoms with Gasteiger partial charge < -0.3 is 5.32 Å². The van der Waals surface area contributed by atoms with Gasteiger partial charge in [-0.05, 0) is 25.1 Å². The van der Waals surface area contributed by atoms with E-state index in [1.807, 2.05) is 42.9 Å². The van der Waals surface area contributed by atoms with E-state index < -0.39 is 0 Å². The van der Waals surface area contributed by atoms with Crippen molar-refractivity contribution in [1.82, 2.24) is 9.78 Å². The zero-order valence-electron chi connectivity index (χ0n) is 9.67. The first-order chi connectivity index (χ1) is 8.08. The van der Waals surface area contributed by atoms with E-state index in [0.29, 0.717) is 16.6 Å². The molecule has 0 aliphatic heterocycles. The molecule has 2 rings (SSSR count). The molecule has 0 radical (unpaired) electrons. The minimum atomic E-state index is 0.622. The number of halogens is 2. The SMILES string of the molecule is Cc1cc(CNc2c(Cl)cccc2Cl)n(C)n1. The van der Waals surface area contributed by atoms with Gasteiger partial charge in [-0.3, -0.25) is 4.68 Å². The second-order valence-electron chi connectivity index (χ2n) is 3.85. The molecular formula is C12H13Cl2N3. The van der Waals surface area contributed by atoms with Crippen molar-refractivity contribution in [1.29, 1.82) is 0 Å². The Hall–Kier alpha value is -1.19. The monoisotopic (exact) mass is 269 g/mol. The van der Waals surface area contributed by atoms with Crippen molar-refractivity contribution in [3.63, 3.8) is 0 Å². The van der Waals surface area contributed by atoms with E-state index in [1.165, 1.54) is 0 Å². The average molecular weight is 270 g/mol. The smallest absolute Gasteiger partial charge is 0.0722 e. The first kappa shape index (κ1) is 12.3. The van der Waals surface area contributed by atoms with Crippen LogP contribution in [0.3, 0.4) is 0 Å². The largest absolute Gasteiger partial charge is 0.377 e. The van der Waals surface area contributed by atoms with Crippen LogP contribution in [-0.4, -0.2) is 9.78 Å². The molecule has 5 heteroatoms. The highest BCUT2D eigenvalue weighted by Crippen LogP contribution is 2.30. The Morgan fingerprint density at radius 3 is 2.47 bits per heavy atom. The molecule has 1 N–H and O–H groups in total. The van der Waals surface area contributed by atoms with E-state index >= 15 is 0 Å². The molecule has 17 heavy (non-hydrogen) atoms. The molecule has 1 aromatic heterocycles. The van der Waals surface area contributed by atoms with Crippen molar-refractivity contribution in [3.05, 3.63) is 45.7 Å². The summed E-state index contributed by atoms with van der Waals surface area (Å²) in [5.74, 6) is 0. The molecule has 1 heterocycles. The number of nitrogens with zero attached hydrogens (tertiary/aromatic N) is 2. The van der Waals surface area contributed by atoms with Crippen LogP contribution in [0.4, 0.5) is 5.69 Å². The summed E-state index contributed by atoms with van der Waals surface area (Å²) in [6, 6.07) is 7.47. The Balaban J connectivity index is 2.15. The quantitative estimate of drug-likeness (QED) is 0.922. The fraction of sp³-hybridized carbons (Fsp3) is 0.250. The van der Waals surface area contributed by atoms with Gasteiger partial charge in [-0.1, -0.05) is 29.3 Å². The Morgan fingerprint density at radius 2 is 1.94 bits per heavy atom. The minimum absolute atomic E-state index is 0.622. The van der Waals surface area contributed by atoms with Crippen molar-refractivity contribution < 1.29 is 0 Å². The van der Waals surface area contributed by atoms with Crippen LogP contribution < -0.4 is 5.32 Å². The molecule has 0 saturated heterocycles. The average Bonchev–Trinajstić information content (AvgIpc) is 2.57. The maximum atomic E-state index is 6.07. The molecule has 0 saturated carbocycles. The molecular weight excluding hydrogens is 257 g/mol. The normalized spacial score (nSPS) is 10.6. The van der Waals surface area contributed by atoms with Gasteiger partial charge in [-0.15, -0.1) is 0 Å². The minimum Gasteiger partial charge on any atom is -0.377 e. The zero-order chi connectivity index (χ0) is 12.4. The molecule has 90 valence electrons. The molecule has 0 spiro atoms. The van der Waals surface area contributed by atoms with Crippen molar-refractivity contribution in [2.45, 2.75) is 13.5 Å². The second kappa shape index (κ2) is 4.98. The van der Waals surface area contributed by atoms with Gasteiger partial charge in [0.2, 0.25) is 0 Å². The topological polar surface area (TPSA) is 29.9 Å². The molecule has 0 atom stereocenters. The number of hydrogen-bond donors (Lipinski definition) is 1. The van der Waals surface area contributed by atoms with E-state index in [4.69, 9.17) is 23.2 Å². The van der Waals surface area contributed by atoms with E-state index in [0.717, 1.165) is 17.1 Å². The van der Waals surface area contributed by atoms with Crippen molar-refractivity contribution in [3.8, 4) is 0 Å². The summed E-state index contributed by atoms with van der Waals surface area (Å²) in [7, 11) is 1.91. The van der Waals surface area contributed by atoms with Crippen molar-refractivity contribution >= 4 is 28.9 Å². The molecule has 0 unspecified atom stereocenters. The highest BCUT2D eigenvalue weighted by molar-refractivity contribution is 6.39. The lowest BCUT2D eigenvalue weighted by molar-refractivity contribution is 0.713. The highest BCUT2D eigenvalue weighted by atomic mass is 35.5. The summed E-state index contributed by atoms with van der Waals surface area (Å²) in [6.45, 7) is 2.60. The van der Waals surface area contributed by atoms with Gasteiger partial charge in [0, 0.05) is 7.05 Å². The molecule has 1 aromatic carbocycles. The van der Waals surface area contributed by atoms with E-state index in [1.54, 1.807) is 0 Å². The maximum Gasteiger partial charge on any atom is 0.0722 e. The first-order valence-corrected chi connectivity index (χ1v) is 6.01. The fourth-order valence-electron chi connectivity index (χ4n) is 1.68. The van der Waals surface area contributed by atoms with Crippen LogP contribution in [0.2, 0.25) is 10.0 Å². The Labute approximate surface area is 110 Å². The molecule has 0 aliphatic carbocycles. The molecule has 2 aromatic rings. The third-order valence-electron chi connectivity index (χ3n) is 2.51. The van der Waals surface area contributed by atoms with E-state index in [9.17, 15) is 0 Å². The maximum absolute atomic E-state index is 6.07. The first-order valence-electron chi connectivity index (χ1n) is 5.25. The summed E-state index contributed by atoms with van der Waals surface area (Å²) in [5.41, 5.74) is 2.84. The van der Waals surface area contributed by atoms with Gasteiger partial charge in [-0.2, -0.15) is 5.10 Å². The number of para-hydroxylation sites is 1. The number of rotatable bonds is 3. The lowest BCUT2D eigenvalue weighted by Crippen LogP contribution is -2.06. The van der Waals surface area contributed by atoms with Crippen LogP contribution in [0.5, 0.6) is 0 Å². The number of hydrogen-bond acceptors (Lipinski definition) is 2. The van der Waals surface area contributed by atoms with E-state index in [-0.39, 0.29) is 0 Å². The Kier molecular flexibility index (Phi) is 3.60. The predicted octanol–water partition coefficient (Wildman–Crippen LogP) is 3.65. The number of aryl methyl sites for hydroxylation is 2. The van der Waals surface area contributed by atoms with Crippen LogP contribution in [0.15, 0.2) is 24.3 Å². The van der Waals surface area contributed by atoms with Crippen LogP contribution in [0, 0.1) is 6.92 Å². The van der Waals surface area contributed by atoms with Gasteiger partial charge in [0.1, 0.15) is 0 Å². The summed E-state index contributed by atoms with van der Waals surface area (Å²) in [6.07, 6.45) is 0. The standard InChI is InChI=1S/C12H13Cl2N3/c1-8-6-9(17(2)16-8)7-15-12-10(13)4-3-5-11(12)14/h3-6,15H,7H2,1-2H3. The van der Waals surface area contributed by atoms with Gasteiger partial charge in [0.05, 0.1) is 33.7 Å². The summed E-state index contributed by atoms with van der Waals surface area (Å²) in [4.78, 5) is 0. The number of nitrogens with one attached hydrogen (secondary N) is 1. The van der Waals surface area contributed by atoms with Crippen LogP contribution in [-0.2, 0) is 13.6 Å². The van der Waals surface area contributed by atoms with Gasteiger partial charge in [-0.25, -0.2) is 0 Å². The van der Waals surface area contributed by atoms with Crippen LogP contribution in [0.25, 0.3) is 0 Å². The summed E-state index contributed by atoms with van der Waals surface area (Å²) >= 11 is 12.1. The third kappa shape index (κ3) is 2.73. The molecule has 0 bridgehead atoms. The van der Waals surface area contributed by atoms with Crippen molar-refractivity contribution in [2.24, 2.45) is 7.05 Å². The Bertz CT molecular complexity index is 514. The van der Waals surface area contributed by atoms with Gasteiger partial charge in [0.25, 0.3) is 0 Å². The molecule has 0 amide bonds. The number of benzene rings is 1. The van der Waals surface area contributed by atoms with Gasteiger partial charge in [0.15, 0.2) is 0 Å². The summed E-state index contributed by atoms with van der Waals surface area (Å²) in [5, 5.41) is 8.75. The molecule has 3 nitrogen and oxygen atoms in total. The predicted molar refractivity (Wildman–Crippen MR) is 71.7 cm³/mol. The second-order valence-corrected chi connectivity index (χ2v) is 4.67. The molecule has 0 fully saturated rings. The third-order valence-corrected chi connectivity index (χ3v) is 3.14. The fourth-order valence-corrected chi connectivity index (χ4v) is 2.21.